The fraction of sp³-hybridized carbons (Fsp3) is 0.174. The first-order chi connectivity index (χ1) is 13.8. The van der Waals surface area contributed by atoms with Gasteiger partial charge in [0.2, 0.25) is 5.88 Å². The number of allylic oxidation sites excluding steroid dienone is 1. The molecular formula is C23H20N4O. The molecule has 0 bridgehead atoms. The molecule has 28 heavy (non-hydrogen) atoms. The normalized spacial score (nSPS) is 26.5. The van der Waals surface area contributed by atoms with Crippen LogP contribution in [0.15, 0.2) is 84.3 Å². The van der Waals surface area contributed by atoms with Gasteiger partial charge in [0, 0.05) is 11.8 Å². The highest BCUT2D eigenvalue weighted by Crippen LogP contribution is 2.48. The molecule has 0 spiro atoms. The molecule has 3 aromatic carbocycles. The lowest BCUT2D eigenvalue weighted by molar-refractivity contribution is 0.0342. The highest BCUT2D eigenvalue weighted by atomic mass is 16.5. The maximum atomic E-state index is 9.93. The number of fused-ring (bicyclic) bond motifs is 2. The molecule has 138 valence electrons. The Morgan fingerprint density at radius 3 is 2.46 bits per heavy atom. The molecular weight excluding hydrogens is 348 g/mol. The summed E-state index contributed by atoms with van der Waals surface area (Å²) in [5.74, 6) is 0.00223. The minimum absolute atomic E-state index is 0.00776. The average molecular weight is 368 g/mol. The lowest BCUT2D eigenvalue weighted by atomic mass is 9.73. The van der Waals surface area contributed by atoms with E-state index in [1.54, 1.807) is 0 Å². The maximum Gasteiger partial charge on any atom is 0.200 e. The summed E-state index contributed by atoms with van der Waals surface area (Å²) < 4.78 is 5.89. The fourth-order valence-electron chi connectivity index (χ4n) is 4.54. The predicted octanol–water partition coefficient (Wildman–Crippen LogP) is 3.44. The minimum Gasteiger partial charge on any atom is -0.458 e. The highest BCUT2D eigenvalue weighted by molar-refractivity contribution is 5.86. The number of ether oxygens (including phenoxy) is 1. The van der Waals surface area contributed by atoms with Crippen molar-refractivity contribution in [3.63, 3.8) is 0 Å². The quantitative estimate of drug-likeness (QED) is 0.645. The molecule has 0 saturated carbocycles. The summed E-state index contributed by atoms with van der Waals surface area (Å²) in [6.07, 6.45) is -0.314. The summed E-state index contributed by atoms with van der Waals surface area (Å²) >= 11 is 0. The van der Waals surface area contributed by atoms with Crippen LogP contribution in [-0.2, 0) is 4.74 Å². The molecule has 0 aliphatic carbocycles. The topological polar surface area (TPSA) is 83.1 Å². The Labute approximate surface area is 163 Å². The van der Waals surface area contributed by atoms with Gasteiger partial charge in [0.25, 0.3) is 0 Å². The molecule has 2 aliphatic rings. The van der Waals surface area contributed by atoms with E-state index in [0.29, 0.717) is 5.57 Å². The molecule has 2 heterocycles. The summed E-state index contributed by atoms with van der Waals surface area (Å²) in [4.78, 5) is 0. The number of hydrazine groups is 1. The molecule has 4 unspecified atom stereocenters. The van der Waals surface area contributed by atoms with Gasteiger partial charge in [-0.3, -0.25) is 0 Å². The number of nitrogens with zero attached hydrogens (tertiary/aromatic N) is 1. The summed E-state index contributed by atoms with van der Waals surface area (Å²) in [5.41, 5.74) is 15.5. The Balaban J connectivity index is 1.71. The minimum atomic E-state index is -0.314. The van der Waals surface area contributed by atoms with E-state index < -0.39 is 0 Å². The second kappa shape index (κ2) is 6.68. The molecule has 4 atom stereocenters. The van der Waals surface area contributed by atoms with Crippen LogP contribution in [0.5, 0.6) is 0 Å². The standard InChI is InChI=1S/C23H20N4O/c24-13-18-19(17-12-6-10-14-7-4-5-11-16(14)17)20-21(15-8-2-1-3-9-15)26-27-23(20)28-22(18)25/h1-12,19-21,23,26-27H,25H2. The van der Waals surface area contributed by atoms with Crippen molar-refractivity contribution in [2.75, 3.05) is 0 Å². The molecule has 3 aromatic rings. The van der Waals surface area contributed by atoms with Crippen LogP contribution in [0.25, 0.3) is 10.8 Å². The van der Waals surface area contributed by atoms with E-state index >= 15 is 0 Å². The van der Waals surface area contributed by atoms with Crippen LogP contribution in [0.4, 0.5) is 0 Å². The van der Waals surface area contributed by atoms with Crippen molar-refractivity contribution in [1.82, 2.24) is 10.9 Å². The van der Waals surface area contributed by atoms with Crippen molar-refractivity contribution in [3.05, 3.63) is 95.4 Å². The van der Waals surface area contributed by atoms with Crippen LogP contribution in [0, 0.1) is 17.2 Å². The van der Waals surface area contributed by atoms with E-state index in [1.807, 2.05) is 36.4 Å². The lowest BCUT2D eigenvalue weighted by Gasteiger charge is -2.36. The van der Waals surface area contributed by atoms with Gasteiger partial charge in [-0.05, 0) is 21.9 Å². The Kier molecular flexibility index (Phi) is 4.01. The number of nitriles is 1. The monoisotopic (exact) mass is 368 g/mol. The molecule has 0 amide bonds. The highest BCUT2D eigenvalue weighted by Gasteiger charge is 2.49. The number of nitrogens with two attached hydrogens (primary N) is 1. The zero-order chi connectivity index (χ0) is 19.1. The zero-order valence-electron chi connectivity index (χ0n) is 15.2. The van der Waals surface area contributed by atoms with Crippen molar-refractivity contribution < 1.29 is 4.74 Å². The average Bonchev–Trinajstić information content (AvgIpc) is 3.16. The van der Waals surface area contributed by atoms with E-state index in [9.17, 15) is 5.26 Å². The molecule has 5 rings (SSSR count). The molecule has 4 N–H and O–H groups in total. The van der Waals surface area contributed by atoms with Gasteiger partial charge in [-0.1, -0.05) is 72.8 Å². The lowest BCUT2D eigenvalue weighted by Crippen LogP contribution is -2.41. The molecule has 1 fully saturated rings. The number of hydrogen-bond donors (Lipinski definition) is 3. The summed E-state index contributed by atoms with van der Waals surface area (Å²) in [6, 6.07) is 27.0. The number of rotatable bonds is 2. The largest absolute Gasteiger partial charge is 0.458 e. The third-order valence-electron chi connectivity index (χ3n) is 5.77. The van der Waals surface area contributed by atoms with Gasteiger partial charge in [0.1, 0.15) is 6.07 Å². The van der Waals surface area contributed by atoms with Crippen LogP contribution in [0.1, 0.15) is 23.1 Å². The van der Waals surface area contributed by atoms with E-state index in [4.69, 9.17) is 10.5 Å². The van der Waals surface area contributed by atoms with E-state index in [1.165, 1.54) is 0 Å². The summed E-state index contributed by atoms with van der Waals surface area (Å²) in [5, 5.41) is 12.2. The third-order valence-corrected chi connectivity index (χ3v) is 5.77. The van der Waals surface area contributed by atoms with Crippen LogP contribution in [-0.4, -0.2) is 6.23 Å². The van der Waals surface area contributed by atoms with Gasteiger partial charge < -0.3 is 10.5 Å². The zero-order valence-corrected chi connectivity index (χ0v) is 15.2. The van der Waals surface area contributed by atoms with Crippen molar-refractivity contribution in [2.24, 2.45) is 11.7 Å². The second-order valence-electron chi connectivity index (χ2n) is 7.23. The Bertz CT molecular complexity index is 1100. The van der Waals surface area contributed by atoms with Crippen LogP contribution < -0.4 is 16.6 Å². The van der Waals surface area contributed by atoms with Crippen molar-refractivity contribution >= 4 is 10.8 Å². The Hall–Kier alpha value is -3.33. The molecule has 1 saturated heterocycles. The first-order valence-corrected chi connectivity index (χ1v) is 9.38. The summed E-state index contributed by atoms with van der Waals surface area (Å²) in [7, 11) is 0. The van der Waals surface area contributed by atoms with Crippen LogP contribution in [0.3, 0.4) is 0 Å². The number of nitrogens with one attached hydrogen (secondary N) is 2. The van der Waals surface area contributed by atoms with Gasteiger partial charge in [-0.2, -0.15) is 5.26 Å². The summed E-state index contributed by atoms with van der Waals surface area (Å²) in [6.45, 7) is 0. The molecule has 0 radical (unpaired) electrons. The van der Waals surface area contributed by atoms with Gasteiger partial charge in [-0.15, -0.1) is 0 Å². The van der Waals surface area contributed by atoms with E-state index in [2.05, 4.69) is 53.3 Å². The van der Waals surface area contributed by atoms with Gasteiger partial charge in [-0.25, -0.2) is 10.9 Å². The molecule has 0 aromatic heterocycles. The number of hydrogen-bond acceptors (Lipinski definition) is 5. The van der Waals surface area contributed by atoms with Gasteiger partial charge >= 0.3 is 0 Å². The van der Waals surface area contributed by atoms with Gasteiger partial charge in [0.15, 0.2) is 6.23 Å². The van der Waals surface area contributed by atoms with Gasteiger partial charge in [0.05, 0.1) is 11.6 Å². The van der Waals surface area contributed by atoms with E-state index in [-0.39, 0.29) is 30.0 Å². The van der Waals surface area contributed by atoms with Crippen molar-refractivity contribution in [2.45, 2.75) is 18.2 Å². The molecule has 5 nitrogen and oxygen atoms in total. The van der Waals surface area contributed by atoms with E-state index in [0.717, 1.165) is 21.9 Å². The Morgan fingerprint density at radius 1 is 0.893 bits per heavy atom. The van der Waals surface area contributed by atoms with Crippen molar-refractivity contribution in [3.8, 4) is 6.07 Å². The second-order valence-corrected chi connectivity index (χ2v) is 7.23. The SMILES string of the molecule is N#CC1=C(N)OC2NNC(c3ccccc3)C2C1c1cccc2ccccc12. The third kappa shape index (κ3) is 2.55. The smallest absolute Gasteiger partial charge is 0.200 e. The Morgan fingerprint density at radius 2 is 1.64 bits per heavy atom. The van der Waals surface area contributed by atoms with Crippen molar-refractivity contribution in [1.29, 1.82) is 5.26 Å². The predicted molar refractivity (Wildman–Crippen MR) is 107 cm³/mol. The molecule has 2 aliphatic heterocycles. The van der Waals surface area contributed by atoms with Crippen LogP contribution >= 0.6 is 0 Å². The fourth-order valence-corrected chi connectivity index (χ4v) is 4.54. The first kappa shape index (κ1) is 16.8. The number of benzene rings is 3. The molecule has 5 heteroatoms. The first-order valence-electron chi connectivity index (χ1n) is 9.38. The maximum absolute atomic E-state index is 9.93. The van der Waals surface area contributed by atoms with Crippen LogP contribution in [0.2, 0.25) is 0 Å².